The number of nitrogens with two attached hydrogens (primary N) is 1. The van der Waals surface area contributed by atoms with E-state index in [2.05, 4.69) is 11.2 Å². The van der Waals surface area contributed by atoms with Crippen LogP contribution in [0.4, 0.5) is 5.69 Å². The average molecular weight is 328 g/mol. The predicted octanol–water partition coefficient (Wildman–Crippen LogP) is 3.18. The molecule has 5 heteroatoms. The van der Waals surface area contributed by atoms with Crippen LogP contribution in [0.5, 0.6) is 0 Å². The molecule has 5 nitrogen and oxygen atoms in total. The van der Waals surface area contributed by atoms with Crippen molar-refractivity contribution in [3.63, 3.8) is 0 Å². The van der Waals surface area contributed by atoms with Gasteiger partial charge in [0.2, 0.25) is 0 Å². The van der Waals surface area contributed by atoms with Gasteiger partial charge in [-0.3, -0.25) is 0 Å². The number of anilines is 1. The van der Waals surface area contributed by atoms with Gasteiger partial charge in [-0.15, -0.1) is 0 Å². The van der Waals surface area contributed by atoms with E-state index >= 15 is 0 Å². The second kappa shape index (κ2) is 6.27. The van der Waals surface area contributed by atoms with Gasteiger partial charge in [-0.2, -0.15) is 10.4 Å². The summed E-state index contributed by atoms with van der Waals surface area (Å²) in [5.41, 5.74) is 11.1. The van der Waals surface area contributed by atoms with Gasteiger partial charge in [0.1, 0.15) is 17.5 Å². The van der Waals surface area contributed by atoms with Crippen LogP contribution in [-0.4, -0.2) is 18.9 Å². The molecular formula is C20H16N4O. The molecular weight excluding hydrogens is 312 g/mol. The lowest BCUT2D eigenvalue weighted by atomic mass is 9.98. The molecule has 0 spiro atoms. The summed E-state index contributed by atoms with van der Waals surface area (Å²) in [7, 11) is 0. The highest BCUT2D eigenvalue weighted by molar-refractivity contribution is 6.08. The van der Waals surface area contributed by atoms with Gasteiger partial charge in [0.25, 0.3) is 0 Å². The second-order valence-corrected chi connectivity index (χ2v) is 5.75. The van der Waals surface area contributed by atoms with Crippen LogP contribution in [0.15, 0.2) is 82.7 Å². The van der Waals surface area contributed by atoms with Crippen molar-refractivity contribution >= 4 is 11.4 Å². The standard InChI is InChI=1S/C20H16N4O/c21-12-17-16-10-11-25-13-18(16)23-24(20(17)22)19-9-5-4-8-15(19)14-6-2-1-3-7-14/h1-10H,11,13,22H2. The largest absolute Gasteiger partial charge is 0.383 e. The Bertz CT molecular complexity index is 951. The van der Waals surface area contributed by atoms with E-state index in [0.29, 0.717) is 24.6 Å². The van der Waals surface area contributed by atoms with Crippen LogP contribution in [0.25, 0.3) is 11.1 Å². The van der Waals surface area contributed by atoms with Crippen LogP contribution in [0.2, 0.25) is 0 Å². The molecule has 0 fully saturated rings. The maximum absolute atomic E-state index is 9.60. The minimum absolute atomic E-state index is 0.336. The third-order valence-electron chi connectivity index (χ3n) is 4.26. The number of hydrogen-bond acceptors (Lipinski definition) is 5. The first kappa shape index (κ1) is 15.2. The van der Waals surface area contributed by atoms with E-state index < -0.39 is 0 Å². The van der Waals surface area contributed by atoms with Crippen molar-refractivity contribution in [2.75, 3.05) is 18.2 Å². The third-order valence-corrected chi connectivity index (χ3v) is 4.26. The Morgan fingerprint density at radius 1 is 1.08 bits per heavy atom. The fourth-order valence-corrected chi connectivity index (χ4v) is 3.06. The van der Waals surface area contributed by atoms with Gasteiger partial charge in [-0.25, -0.2) is 5.01 Å². The molecule has 0 atom stereocenters. The van der Waals surface area contributed by atoms with E-state index in [9.17, 15) is 5.26 Å². The zero-order valence-corrected chi connectivity index (χ0v) is 13.5. The highest BCUT2D eigenvalue weighted by Crippen LogP contribution is 2.35. The molecule has 0 saturated heterocycles. The molecule has 0 bridgehead atoms. The Hall–Kier alpha value is -3.36. The van der Waals surface area contributed by atoms with Crippen LogP contribution >= 0.6 is 0 Å². The number of rotatable bonds is 2. The van der Waals surface area contributed by atoms with Gasteiger partial charge < -0.3 is 10.5 Å². The molecule has 2 aliphatic heterocycles. The average Bonchev–Trinajstić information content (AvgIpc) is 2.68. The van der Waals surface area contributed by atoms with Crippen molar-refractivity contribution < 1.29 is 4.74 Å². The molecule has 4 rings (SSSR count). The van der Waals surface area contributed by atoms with Crippen molar-refractivity contribution in [3.05, 3.63) is 77.6 Å². The fourth-order valence-electron chi connectivity index (χ4n) is 3.06. The molecule has 0 saturated carbocycles. The normalized spacial score (nSPS) is 16.7. The quantitative estimate of drug-likeness (QED) is 0.919. The van der Waals surface area contributed by atoms with Crippen molar-refractivity contribution in [1.29, 1.82) is 5.26 Å². The Balaban J connectivity index is 1.89. The summed E-state index contributed by atoms with van der Waals surface area (Å²) < 4.78 is 5.46. The molecule has 25 heavy (non-hydrogen) atoms. The number of nitriles is 1. The van der Waals surface area contributed by atoms with Crippen LogP contribution in [0.3, 0.4) is 0 Å². The van der Waals surface area contributed by atoms with Crippen molar-refractivity contribution in [3.8, 4) is 17.2 Å². The van der Waals surface area contributed by atoms with Gasteiger partial charge in [0.05, 0.1) is 24.6 Å². The number of para-hydroxylation sites is 1. The summed E-state index contributed by atoms with van der Waals surface area (Å²) in [4.78, 5) is 0. The van der Waals surface area contributed by atoms with Gasteiger partial charge in [0.15, 0.2) is 0 Å². The number of hydrazone groups is 1. The highest BCUT2D eigenvalue weighted by Gasteiger charge is 2.28. The van der Waals surface area contributed by atoms with E-state index in [1.807, 2.05) is 60.7 Å². The summed E-state index contributed by atoms with van der Waals surface area (Å²) in [6, 6.07) is 20.1. The molecule has 2 aromatic rings. The molecule has 0 aliphatic carbocycles. The number of allylic oxidation sites excluding steroid dienone is 1. The molecule has 0 amide bonds. The zero-order valence-electron chi connectivity index (χ0n) is 13.5. The summed E-state index contributed by atoms with van der Waals surface area (Å²) in [5.74, 6) is 0.336. The van der Waals surface area contributed by atoms with E-state index in [4.69, 9.17) is 10.5 Å². The maximum atomic E-state index is 9.60. The van der Waals surface area contributed by atoms with Crippen LogP contribution in [-0.2, 0) is 4.74 Å². The number of fused-ring (bicyclic) bond motifs is 1. The number of nitrogens with zero attached hydrogens (tertiary/aromatic N) is 3. The van der Waals surface area contributed by atoms with Crippen LogP contribution in [0.1, 0.15) is 0 Å². The Labute approximate surface area is 145 Å². The van der Waals surface area contributed by atoms with Gasteiger partial charge >= 0.3 is 0 Å². The van der Waals surface area contributed by atoms with Gasteiger partial charge in [-0.1, -0.05) is 48.5 Å². The Kier molecular flexibility index (Phi) is 3.81. The summed E-state index contributed by atoms with van der Waals surface area (Å²) >= 11 is 0. The van der Waals surface area contributed by atoms with Crippen molar-refractivity contribution in [2.24, 2.45) is 10.8 Å². The van der Waals surface area contributed by atoms with Crippen LogP contribution < -0.4 is 10.7 Å². The minimum atomic E-state index is 0.336. The lowest BCUT2D eigenvalue weighted by molar-refractivity contribution is 0.199. The first-order valence-corrected chi connectivity index (χ1v) is 8.00. The number of hydrogen-bond donors (Lipinski definition) is 1. The van der Waals surface area contributed by atoms with Gasteiger partial charge in [-0.05, 0) is 17.7 Å². The third kappa shape index (κ3) is 2.59. The first-order valence-electron chi connectivity index (χ1n) is 8.00. The van der Waals surface area contributed by atoms with E-state index in [0.717, 1.165) is 28.1 Å². The van der Waals surface area contributed by atoms with E-state index in [1.54, 1.807) is 5.01 Å². The topological polar surface area (TPSA) is 74.6 Å². The second-order valence-electron chi connectivity index (χ2n) is 5.75. The molecule has 2 heterocycles. The molecule has 0 unspecified atom stereocenters. The number of ether oxygens (including phenoxy) is 1. The zero-order chi connectivity index (χ0) is 17.2. The molecule has 0 radical (unpaired) electrons. The number of benzene rings is 2. The Morgan fingerprint density at radius 2 is 1.84 bits per heavy atom. The Morgan fingerprint density at radius 3 is 2.64 bits per heavy atom. The molecule has 122 valence electrons. The highest BCUT2D eigenvalue weighted by atomic mass is 16.5. The molecule has 2 N–H and O–H groups in total. The smallest absolute Gasteiger partial charge is 0.144 e. The summed E-state index contributed by atoms with van der Waals surface area (Å²) in [6.45, 7) is 0.835. The monoisotopic (exact) mass is 328 g/mol. The van der Waals surface area contributed by atoms with Crippen LogP contribution in [0, 0.1) is 11.3 Å². The summed E-state index contributed by atoms with van der Waals surface area (Å²) in [6.07, 6.45) is 1.86. The first-order chi connectivity index (χ1) is 12.3. The predicted molar refractivity (Wildman–Crippen MR) is 97.5 cm³/mol. The summed E-state index contributed by atoms with van der Waals surface area (Å²) in [5, 5.41) is 15.9. The fraction of sp³-hybridized carbons (Fsp3) is 0.100. The van der Waals surface area contributed by atoms with E-state index in [-0.39, 0.29) is 0 Å². The lowest BCUT2D eigenvalue weighted by Gasteiger charge is -2.30. The molecule has 0 aromatic heterocycles. The van der Waals surface area contributed by atoms with Gasteiger partial charge in [0, 0.05) is 11.1 Å². The maximum Gasteiger partial charge on any atom is 0.144 e. The SMILES string of the molecule is N#CC1=C(N)N(c2ccccc2-c2ccccc2)N=C2COCC=C21. The van der Waals surface area contributed by atoms with Crippen molar-refractivity contribution in [1.82, 2.24) is 0 Å². The van der Waals surface area contributed by atoms with E-state index in [1.165, 1.54) is 0 Å². The van der Waals surface area contributed by atoms with Crippen molar-refractivity contribution in [2.45, 2.75) is 0 Å². The lowest BCUT2D eigenvalue weighted by Crippen LogP contribution is -2.34. The molecule has 2 aromatic carbocycles. The minimum Gasteiger partial charge on any atom is -0.383 e. The molecule has 2 aliphatic rings.